The van der Waals surface area contributed by atoms with Crippen LogP contribution in [0.3, 0.4) is 0 Å². The molecule has 4 aromatic rings. The number of aliphatic hydroxyl groups excluding tert-OH is 1. The molecular weight excluding hydrogens is 566 g/mol. The van der Waals surface area contributed by atoms with Gasteiger partial charge in [0, 0.05) is 16.3 Å². The molecule has 1 fully saturated rings. The average Bonchev–Trinajstić information content (AvgIpc) is 3.55. The SMILES string of the molecule is CCCCOc1ccc(C2/C(=C(/O)c3ccc(Cl)cc3)C(=O)C(=O)N2c2nnc(SCc3ccccc3)s2)cc1. The number of thioether (sulfide) groups is 1. The lowest BCUT2D eigenvalue weighted by Gasteiger charge is -2.22. The van der Waals surface area contributed by atoms with E-state index in [4.69, 9.17) is 16.3 Å². The van der Waals surface area contributed by atoms with Crippen molar-refractivity contribution in [2.75, 3.05) is 11.5 Å². The third-order valence-corrected chi connectivity index (χ3v) is 8.71. The normalized spacial score (nSPS) is 16.4. The minimum atomic E-state index is -0.903. The summed E-state index contributed by atoms with van der Waals surface area (Å²) in [6.45, 7) is 2.69. The van der Waals surface area contributed by atoms with E-state index in [1.54, 1.807) is 48.5 Å². The summed E-state index contributed by atoms with van der Waals surface area (Å²) in [4.78, 5) is 28.2. The number of aliphatic hydroxyl groups is 1. The highest BCUT2D eigenvalue weighted by Crippen LogP contribution is 2.44. The monoisotopic (exact) mass is 591 g/mol. The molecule has 7 nitrogen and oxygen atoms in total. The molecule has 1 aromatic heterocycles. The minimum absolute atomic E-state index is 0.0272. The largest absolute Gasteiger partial charge is 0.507 e. The second-order valence-electron chi connectivity index (χ2n) is 9.07. The number of carbonyl (C=O) groups excluding carboxylic acids is 2. The molecule has 204 valence electrons. The molecule has 3 aromatic carbocycles. The van der Waals surface area contributed by atoms with E-state index >= 15 is 0 Å². The first-order chi connectivity index (χ1) is 19.5. The third kappa shape index (κ3) is 6.06. The van der Waals surface area contributed by atoms with Crippen LogP contribution in [0, 0.1) is 0 Å². The number of amides is 1. The van der Waals surface area contributed by atoms with Crippen LogP contribution in [0.4, 0.5) is 5.13 Å². The Labute approximate surface area is 245 Å². The van der Waals surface area contributed by atoms with Crippen LogP contribution in [-0.4, -0.2) is 33.6 Å². The van der Waals surface area contributed by atoms with Gasteiger partial charge in [-0.05, 0) is 53.9 Å². The molecular formula is C30H26ClN3O4S2. The standard InChI is InChI=1S/C30H26ClN3O4S2/c1-2-3-17-38-23-15-11-20(12-16-23)25-24(26(35)21-9-13-22(31)14-10-21)27(36)28(37)34(25)29-32-33-30(40-29)39-18-19-7-5-4-6-8-19/h4-16,25,35H,2-3,17-18H2,1H3/b26-24-. The number of Topliss-reactive ketones (excluding diaryl/α,β-unsaturated/α-hetero) is 1. The van der Waals surface area contributed by atoms with Crippen LogP contribution in [-0.2, 0) is 15.3 Å². The van der Waals surface area contributed by atoms with Crippen molar-refractivity contribution in [1.82, 2.24) is 10.2 Å². The van der Waals surface area contributed by atoms with E-state index in [1.165, 1.54) is 28.0 Å². The van der Waals surface area contributed by atoms with Gasteiger partial charge in [0.15, 0.2) is 4.34 Å². The van der Waals surface area contributed by atoms with Gasteiger partial charge in [-0.3, -0.25) is 14.5 Å². The third-order valence-electron chi connectivity index (χ3n) is 6.33. The van der Waals surface area contributed by atoms with Crippen molar-refractivity contribution in [3.63, 3.8) is 0 Å². The molecule has 0 saturated carbocycles. The maximum absolute atomic E-state index is 13.4. The second-order valence-corrected chi connectivity index (χ2v) is 11.7. The number of ether oxygens (including phenoxy) is 1. The maximum atomic E-state index is 13.4. The highest BCUT2D eigenvalue weighted by atomic mass is 35.5. The first-order valence-electron chi connectivity index (χ1n) is 12.8. The topological polar surface area (TPSA) is 92.6 Å². The summed E-state index contributed by atoms with van der Waals surface area (Å²) in [7, 11) is 0. The zero-order chi connectivity index (χ0) is 28.1. The predicted molar refractivity (Wildman–Crippen MR) is 159 cm³/mol. The highest BCUT2D eigenvalue weighted by molar-refractivity contribution is 8.00. The van der Waals surface area contributed by atoms with Gasteiger partial charge in [0.1, 0.15) is 11.5 Å². The Morgan fingerprint density at radius 3 is 2.45 bits per heavy atom. The zero-order valence-electron chi connectivity index (χ0n) is 21.6. The molecule has 10 heteroatoms. The quantitative estimate of drug-likeness (QED) is 0.0517. The lowest BCUT2D eigenvalue weighted by Crippen LogP contribution is -2.29. The zero-order valence-corrected chi connectivity index (χ0v) is 24.0. The van der Waals surface area contributed by atoms with Crippen LogP contribution >= 0.6 is 34.7 Å². The van der Waals surface area contributed by atoms with Gasteiger partial charge in [0.05, 0.1) is 18.2 Å². The van der Waals surface area contributed by atoms with Crippen LogP contribution in [0.1, 0.15) is 42.5 Å². The van der Waals surface area contributed by atoms with Crippen molar-refractivity contribution in [3.05, 3.63) is 106 Å². The molecule has 2 heterocycles. The van der Waals surface area contributed by atoms with Gasteiger partial charge in [0.2, 0.25) is 5.13 Å². The number of halogens is 1. The number of rotatable bonds is 10. The number of nitrogens with zero attached hydrogens (tertiary/aromatic N) is 3. The van der Waals surface area contributed by atoms with Crippen LogP contribution in [0.25, 0.3) is 5.76 Å². The molecule has 1 saturated heterocycles. The summed E-state index contributed by atoms with van der Waals surface area (Å²) in [5.41, 5.74) is 2.11. The highest BCUT2D eigenvalue weighted by Gasteiger charge is 2.48. The molecule has 1 unspecified atom stereocenters. The van der Waals surface area contributed by atoms with E-state index in [-0.39, 0.29) is 16.5 Å². The molecule has 0 bridgehead atoms. The summed E-state index contributed by atoms with van der Waals surface area (Å²) in [6, 6.07) is 22.7. The molecule has 1 atom stereocenters. The smallest absolute Gasteiger partial charge is 0.301 e. The summed E-state index contributed by atoms with van der Waals surface area (Å²) in [5.74, 6) is -0.487. The molecule has 1 N–H and O–H groups in total. The number of hydrogen-bond donors (Lipinski definition) is 1. The first kappa shape index (κ1) is 27.9. The summed E-state index contributed by atoms with van der Waals surface area (Å²) >= 11 is 8.76. The molecule has 1 aliphatic rings. The fourth-order valence-corrected chi connectivity index (χ4v) is 6.22. The lowest BCUT2D eigenvalue weighted by atomic mass is 9.95. The molecule has 5 rings (SSSR count). The van der Waals surface area contributed by atoms with Crippen molar-refractivity contribution in [2.24, 2.45) is 0 Å². The number of aromatic nitrogens is 2. The van der Waals surface area contributed by atoms with E-state index in [2.05, 4.69) is 17.1 Å². The average molecular weight is 592 g/mol. The fraction of sp³-hybridized carbons (Fsp3) is 0.200. The van der Waals surface area contributed by atoms with E-state index in [1.807, 2.05) is 30.3 Å². The van der Waals surface area contributed by atoms with Gasteiger partial charge < -0.3 is 9.84 Å². The molecule has 1 amide bonds. The van der Waals surface area contributed by atoms with Crippen molar-refractivity contribution in [2.45, 2.75) is 35.9 Å². The van der Waals surface area contributed by atoms with Crippen molar-refractivity contribution >= 4 is 57.3 Å². The Bertz CT molecular complexity index is 1520. The van der Waals surface area contributed by atoms with Crippen molar-refractivity contribution in [1.29, 1.82) is 0 Å². The van der Waals surface area contributed by atoms with E-state index in [0.29, 0.717) is 38.6 Å². The minimum Gasteiger partial charge on any atom is -0.507 e. The van der Waals surface area contributed by atoms with Gasteiger partial charge in [-0.2, -0.15) is 0 Å². The van der Waals surface area contributed by atoms with Crippen LogP contribution in [0.15, 0.2) is 88.8 Å². The van der Waals surface area contributed by atoms with E-state index in [9.17, 15) is 14.7 Å². The van der Waals surface area contributed by atoms with Crippen LogP contribution < -0.4 is 9.64 Å². The second kappa shape index (κ2) is 12.7. The summed E-state index contributed by atoms with van der Waals surface area (Å²) in [5, 5.41) is 20.6. The molecule has 1 aliphatic heterocycles. The maximum Gasteiger partial charge on any atom is 0.301 e. The first-order valence-corrected chi connectivity index (χ1v) is 14.9. The van der Waals surface area contributed by atoms with Gasteiger partial charge >= 0.3 is 5.91 Å². The number of hydrogen-bond acceptors (Lipinski definition) is 8. The Balaban J connectivity index is 1.51. The molecule has 0 aliphatic carbocycles. The Kier molecular flexibility index (Phi) is 8.84. The van der Waals surface area contributed by atoms with Crippen LogP contribution in [0.5, 0.6) is 5.75 Å². The number of unbranched alkanes of at least 4 members (excludes halogenated alkanes) is 1. The predicted octanol–water partition coefficient (Wildman–Crippen LogP) is 7.29. The van der Waals surface area contributed by atoms with Gasteiger partial charge in [-0.15, -0.1) is 10.2 Å². The molecule has 0 spiro atoms. The Hall–Kier alpha value is -3.66. The van der Waals surface area contributed by atoms with Crippen molar-refractivity contribution in [3.8, 4) is 5.75 Å². The van der Waals surface area contributed by atoms with Gasteiger partial charge in [-0.25, -0.2) is 0 Å². The summed E-state index contributed by atoms with van der Waals surface area (Å²) in [6.07, 6.45) is 1.95. The fourth-order valence-electron chi connectivity index (χ4n) is 4.27. The Morgan fingerprint density at radius 2 is 1.75 bits per heavy atom. The van der Waals surface area contributed by atoms with Gasteiger partial charge in [-0.1, -0.05) is 90.5 Å². The number of carbonyl (C=O) groups is 2. The van der Waals surface area contributed by atoms with Crippen molar-refractivity contribution < 1.29 is 19.4 Å². The van der Waals surface area contributed by atoms with Gasteiger partial charge in [0.25, 0.3) is 5.78 Å². The van der Waals surface area contributed by atoms with E-state index in [0.717, 1.165) is 18.4 Å². The number of anilines is 1. The van der Waals surface area contributed by atoms with E-state index < -0.39 is 17.7 Å². The molecule has 0 radical (unpaired) electrons. The summed E-state index contributed by atoms with van der Waals surface area (Å²) < 4.78 is 6.46. The lowest BCUT2D eigenvalue weighted by molar-refractivity contribution is -0.132. The number of ketones is 1. The number of benzene rings is 3. The molecule has 40 heavy (non-hydrogen) atoms. The van der Waals surface area contributed by atoms with Crippen LogP contribution in [0.2, 0.25) is 5.02 Å². The Morgan fingerprint density at radius 1 is 1.02 bits per heavy atom.